The van der Waals surface area contributed by atoms with Crippen LogP contribution in [0.5, 0.6) is 0 Å². The smallest absolute Gasteiger partial charge is 0.0330 e. The van der Waals surface area contributed by atoms with Crippen LogP contribution in [-0.2, 0) is 0 Å². The van der Waals surface area contributed by atoms with Crippen LogP contribution >= 0.6 is 0 Å². The fraction of sp³-hybridized carbons (Fsp3) is 1.00. The first-order valence-electron chi connectivity index (χ1n) is 5.99. The molecule has 2 aliphatic rings. The second-order valence-electron chi connectivity index (χ2n) is 4.34. The Labute approximate surface area is 88.0 Å². The number of nitrogens with one attached hydrogen (secondary N) is 3. The molecule has 3 N–H and O–H groups in total. The predicted octanol–water partition coefficient (Wildman–Crippen LogP) is 0.718. The van der Waals surface area contributed by atoms with Crippen molar-refractivity contribution in [2.75, 3.05) is 32.7 Å². The summed E-state index contributed by atoms with van der Waals surface area (Å²) in [5, 5.41) is 10.5. The summed E-state index contributed by atoms with van der Waals surface area (Å²) in [4.78, 5) is 0. The molecule has 2 rings (SSSR count). The summed E-state index contributed by atoms with van der Waals surface area (Å²) in [5.74, 6) is 0. The van der Waals surface area contributed by atoms with Crippen LogP contribution in [-0.4, -0.2) is 38.3 Å². The first-order chi connectivity index (χ1) is 6.83. The SMILES string of the molecule is C1CC2(CCN1)CNCCN2.CCC. The minimum absolute atomic E-state index is 0.434. The minimum Gasteiger partial charge on any atom is -0.317 e. The molecule has 0 aromatic heterocycles. The Morgan fingerprint density at radius 2 is 1.57 bits per heavy atom. The van der Waals surface area contributed by atoms with E-state index in [2.05, 4.69) is 29.8 Å². The largest absolute Gasteiger partial charge is 0.317 e. The van der Waals surface area contributed by atoms with Gasteiger partial charge in [0.05, 0.1) is 0 Å². The molecule has 2 aliphatic heterocycles. The van der Waals surface area contributed by atoms with E-state index >= 15 is 0 Å². The van der Waals surface area contributed by atoms with Gasteiger partial charge in [-0.1, -0.05) is 20.3 Å². The van der Waals surface area contributed by atoms with Gasteiger partial charge in [0.2, 0.25) is 0 Å². The highest BCUT2D eigenvalue weighted by Gasteiger charge is 2.32. The summed E-state index contributed by atoms with van der Waals surface area (Å²) >= 11 is 0. The molecule has 14 heavy (non-hydrogen) atoms. The summed E-state index contributed by atoms with van der Waals surface area (Å²) in [6, 6.07) is 0. The van der Waals surface area contributed by atoms with Crippen molar-refractivity contribution in [3.05, 3.63) is 0 Å². The molecule has 1 spiro atoms. The van der Waals surface area contributed by atoms with Crippen molar-refractivity contribution < 1.29 is 0 Å². The maximum atomic E-state index is 3.63. The Hall–Kier alpha value is -0.120. The lowest BCUT2D eigenvalue weighted by molar-refractivity contribution is 0.209. The second kappa shape index (κ2) is 6.38. The van der Waals surface area contributed by atoms with Gasteiger partial charge in [-0.2, -0.15) is 0 Å². The third-order valence-electron chi connectivity index (χ3n) is 2.83. The lowest BCUT2D eigenvalue weighted by Gasteiger charge is -2.42. The van der Waals surface area contributed by atoms with Crippen LogP contribution in [0.3, 0.4) is 0 Å². The van der Waals surface area contributed by atoms with E-state index in [1.54, 1.807) is 0 Å². The van der Waals surface area contributed by atoms with Gasteiger partial charge < -0.3 is 16.0 Å². The molecule has 3 nitrogen and oxygen atoms in total. The maximum Gasteiger partial charge on any atom is 0.0330 e. The van der Waals surface area contributed by atoms with E-state index in [0.717, 1.165) is 19.6 Å². The van der Waals surface area contributed by atoms with Crippen LogP contribution in [0.1, 0.15) is 33.1 Å². The molecular formula is C11H25N3. The van der Waals surface area contributed by atoms with E-state index < -0.39 is 0 Å². The molecule has 0 aromatic carbocycles. The van der Waals surface area contributed by atoms with E-state index in [1.807, 2.05) is 0 Å². The number of piperazine rings is 1. The van der Waals surface area contributed by atoms with Crippen molar-refractivity contribution in [2.45, 2.75) is 38.6 Å². The van der Waals surface area contributed by atoms with Gasteiger partial charge in [-0.3, -0.25) is 0 Å². The standard InChI is InChI=1S/C8H17N3.C3H8/c1-3-9-4-2-8(1)7-10-5-6-11-8;1-3-2/h9-11H,1-7H2;3H2,1-2H3. The van der Waals surface area contributed by atoms with Gasteiger partial charge in [0.1, 0.15) is 0 Å². The third kappa shape index (κ3) is 3.56. The van der Waals surface area contributed by atoms with Gasteiger partial charge in [0, 0.05) is 25.2 Å². The summed E-state index contributed by atoms with van der Waals surface area (Å²) in [6.45, 7) is 10.0. The van der Waals surface area contributed by atoms with Crippen LogP contribution in [0, 0.1) is 0 Å². The molecule has 0 radical (unpaired) electrons. The Morgan fingerprint density at radius 1 is 0.929 bits per heavy atom. The topological polar surface area (TPSA) is 36.1 Å². The normalized spacial score (nSPS) is 25.3. The van der Waals surface area contributed by atoms with Crippen molar-refractivity contribution >= 4 is 0 Å². The summed E-state index contributed by atoms with van der Waals surface area (Å²) in [6.07, 6.45) is 3.81. The van der Waals surface area contributed by atoms with Crippen molar-refractivity contribution in [3.8, 4) is 0 Å². The Balaban J connectivity index is 0.000000293. The summed E-state index contributed by atoms with van der Waals surface area (Å²) in [7, 11) is 0. The van der Waals surface area contributed by atoms with Crippen LogP contribution < -0.4 is 16.0 Å². The van der Waals surface area contributed by atoms with Crippen LogP contribution in [0.15, 0.2) is 0 Å². The molecule has 0 amide bonds. The fourth-order valence-corrected chi connectivity index (χ4v) is 2.07. The van der Waals surface area contributed by atoms with Crippen molar-refractivity contribution in [1.29, 1.82) is 0 Å². The number of hydrogen-bond acceptors (Lipinski definition) is 3. The van der Waals surface area contributed by atoms with Crippen LogP contribution in [0.2, 0.25) is 0 Å². The Kier molecular flexibility index (Phi) is 5.45. The third-order valence-corrected chi connectivity index (χ3v) is 2.83. The molecule has 0 bridgehead atoms. The van der Waals surface area contributed by atoms with Crippen molar-refractivity contribution in [2.24, 2.45) is 0 Å². The first-order valence-corrected chi connectivity index (χ1v) is 5.99. The van der Waals surface area contributed by atoms with Crippen LogP contribution in [0.25, 0.3) is 0 Å². The van der Waals surface area contributed by atoms with Gasteiger partial charge >= 0.3 is 0 Å². The Morgan fingerprint density at radius 3 is 2.07 bits per heavy atom. The monoisotopic (exact) mass is 199 g/mol. The molecule has 0 aliphatic carbocycles. The lowest BCUT2D eigenvalue weighted by atomic mass is 9.87. The number of piperidine rings is 1. The average molecular weight is 199 g/mol. The molecule has 3 heteroatoms. The second-order valence-corrected chi connectivity index (χ2v) is 4.34. The molecular weight excluding hydrogens is 174 g/mol. The quantitative estimate of drug-likeness (QED) is 0.538. The number of hydrogen-bond donors (Lipinski definition) is 3. The maximum absolute atomic E-state index is 3.63. The Bertz CT molecular complexity index is 116. The van der Waals surface area contributed by atoms with Crippen molar-refractivity contribution in [1.82, 2.24) is 16.0 Å². The average Bonchev–Trinajstić information content (AvgIpc) is 2.21. The predicted molar refractivity (Wildman–Crippen MR) is 61.7 cm³/mol. The van der Waals surface area contributed by atoms with E-state index in [1.165, 1.54) is 32.4 Å². The lowest BCUT2D eigenvalue weighted by Crippen LogP contribution is -2.62. The molecule has 2 saturated heterocycles. The van der Waals surface area contributed by atoms with Crippen molar-refractivity contribution in [3.63, 3.8) is 0 Å². The van der Waals surface area contributed by atoms with Gasteiger partial charge in [0.15, 0.2) is 0 Å². The zero-order valence-corrected chi connectivity index (χ0v) is 9.66. The highest BCUT2D eigenvalue weighted by atomic mass is 15.1. The molecule has 2 fully saturated rings. The molecule has 84 valence electrons. The molecule has 0 aromatic rings. The van der Waals surface area contributed by atoms with E-state index in [9.17, 15) is 0 Å². The first kappa shape index (κ1) is 12.0. The highest BCUT2D eigenvalue weighted by Crippen LogP contribution is 2.18. The van der Waals surface area contributed by atoms with Gasteiger partial charge in [-0.05, 0) is 25.9 Å². The molecule has 0 unspecified atom stereocenters. The fourth-order valence-electron chi connectivity index (χ4n) is 2.07. The highest BCUT2D eigenvalue weighted by molar-refractivity contribution is 4.96. The molecule has 2 heterocycles. The number of rotatable bonds is 0. The van der Waals surface area contributed by atoms with Crippen LogP contribution in [0.4, 0.5) is 0 Å². The molecule has 0 saturated carbocycles. The van der Waals surface area contributed by atoms with Gasteiger partial charge in [-0.15, -0.1) is 0 Å². The van der Waals surface area contributed by atoms with E-state index in [-0.39, 0.29) is 0 Å². The zero-order chi connectivity index (χ0) is 10.3. The summed E-state index contributed by atoms with van der Waals surface area (Å²) < 4.78 is 0. The van der Waals surface area contributed by atoms with E-state index in [4.69, 9.17) is 0 Å². The zero-order valence-electron chi connectivity index (χ0n) is 9.66. The van der Waals surface area contributed by atoms with Gasteiger partial charge in [0.25, 0.3) is 0 Å². The summed E-state index contributed by atoms with van der Waals surface area (Å²) in [5.41, 5.74) is 0.434. The van der Waals surface area contributed by atoms with Gasteiger partial charge in [-0.25, -0.2) is 0 Å². The van der Waals surface area contributed by atoms with E-state index in [0.29, 0.717) is 5.54 Å². The minimum atomic E-state index is 0.434. The molecule has 0 atom stereocenters.